The molecule has 3 rings (SSSR count). The largest absolute Gasteiger partial charge is 0.486 e. The molecule has 0 spiro atoms. The monoisotopic (exact) mass is 412 g/mol. The molecule has 0 unspecified atom stereocenters. The number of ether oxygens (including phenoxy) is 3. The van der Waals surface area contributed by atoms with Gasteiger partial charge in [-0.05, 0) is 43.7 Å². The molecule has 0 saturated carbocycles. The standard InChI is InChI=1S/C22H24N2O6/c1-3-4-21(26)23-15-5-7-18(17(11-15)14(2)25)30-13-22(27)24-16-6-8-19-20(12-16)29-10-9-28-19/h5-8,11-12H,3-4,9-10,13H2,1-2H3,(H,23,26)(H,24,27). The first-order chi connectivity index (χ1) is 14.5. The van der Waals surface area contributed by atoms with Crippen molar-refractivity contribution in [2.45, 2.75) is 26.7 Å². The average Bonchev–Trinajstić information content (AvgIpc) is 2.72. The molecule has 1 aliphatic rings. The van der Waals surface area contributed by atoms with Gasteiger partial charge in [0.25, 0.3) is 5.91 Å². The third-order valence-electron chi connectivity index (χ3n) is 4.30. The fourth-order valence-electron chi connectivity index (χ4n) is 2.92. The molecule has 0 atom stereocenters. The van der Waals surface area contributed by atoms with E-state index in [-0.39, 0.29) is 35.5 Å². The maximum Gasteiger partial charge on any atom is 0.262 e. The molecule has 0 fully saturated rings. The summed E-state index contributed by atoms with van der Waals surface area (Å²) < 4.78 is 16.5. The van der Waals surface area contributed by atoms with E-state index in [0.717, 1.165) is 6.42 Å². The van der Waals surface area contributed by atoms with Crippen LogP contribution in [0.4, 0.5) is 11.4 Å². The molecule has 2 aromatic carbocycles. The number of anilines is 2. The van der Waals surface area contributed by atoms with Crippen LogP contribution in [0.15, 0.2) is 36.4 Å². The van der Waals surface area contributed by atoms with Crippen LogP contribution in [0.5, 0.6) is 17.2 Å². The first-order valence-electron chi connectivity index (χ1n) is 9.73. The summed E-state index contributed by atoms with van der Waals surface area (Å²) in [5.74, 6) is 0.727. The van der Waals surface area contributed by atoms with E-state index in [1.807, 2.05) is 6.92 Å². The van der Waals surface area contributed by atoms with Gasteiger partial charge in [0.1, 0.15) is 19.0 Å². The second-order valence-corrected chi connectivity index (χ2v) is 6.76. The van der Waals surface area contributed by atoms with Gasteiger partial charge in [-0.25, -0.2) is 0 Å². The number of benzene rings is 2. The fraction of sp³-hybridized carbons (Fsp3) is 0.318. The van der Waals surface area contributed by atoms with E-state index in [1.165, 1.54) is 6.92 Å². The Hall–Kier alpha value is -3.55. The van der Waals surface area contributed by atoms with Crippen LogP contribution in [0.25, 0.3) is 0 Å². The Morgan fingerprint density at radius 3 is 2.33 bits per heavy atom. The highest BCUT2D eigenvalue weighted by atomic mass is 16.6. The average molecular weight is 412 g/mol. The van der Waals surface area contributed by atoms with Crippen molar-refractivity contribution in [2.24, 2.45) is 0 Å². The molecular formula is C22H24N2O6. The molecular weight excluding hydrogens is 388 g/mol. The van der Waals surface area contributed by atoms with Gasteiger partial charge in [0.05, 0.1) is 5.56 Å². The number of ketones is 1. The minimum atomic E-state index is -0.387. The zero-order valence-electron chi connectivity index (χ0n) is 16.9. The molecule has 8 nitrogen and oxygen atoms in total. The number of rotatable bonds is 8. The molecule has 158 valence electrons. The SMILES string of the molecule is CCCC(=O)Nc1ccc(OCC(=O)Nc2ccc3c(c2)OCCO3)c(C(C)=O)c1. The zero-order chi connectivity index (χ0) is 21.5. The summed E-state index contributed by atoms with van der Waals surface area (Å²) in [4.78, 5) is 36.0. The smallest absolute Gasteiger partial charge is 0.262 e. The van der Waals surface area contributed by atoms with Crippen LogP contribution in [-0.2, 0) is 9.59 Å². The Morgan fingerprint density at radius 1 is 0.933 bits per heavy atom. The molecule has 2 aromatic rings. The van der Waals surface area contributed by atoms with Gasteiger partial charge in [0.15, 0.2) is 23.9 Å². The Morgan fingerprint density at radius 2 is 1.60 bits per heavy atom. The number of carbonyl (C=O) groups excluding carboxylic acids is 3. The van der Waals surface area contributed by atoms with Gasteiger partial charge in [-0.1, -0.05) is 6.92 Å². The van der Waals surface area contributed by atoms with E-state index in [0.29, 0.717) is 42.5 Å². The first kappa shape index (κ1) is 21.2. The van der Waals surface area contributed by atoms with Crippen LogP contribution in [-0.4, -0.2) is 37.4 Å². The summed E-state index contributed by atoms with van der Waals surface area (Å²) >= 11 is 0. The maximum atomic E-state index is 12.3. The van der Waals surface area contributed by atoms with Crippen LogP contribution < -0.4 is 24.8 Å². The lowest BCUT2D eigenvalue weighted by Crippen LogP contribution is -2.21. The van der Waals surface area contributed by atoms with Crippen LogP contribution in [0, 0.1) is 0 Å². The lowest BCUT2D eigenvalue weighted by molar-refractivity contribution is -0.118. The van der Waals surface area contributed by atoms with Crippen LogP contribution in [0.1, 0.15) is 37.0 Å². The Bertz CT molecular complexity index is 957. The predicted octanol–water partition coefficient (Wildman–Crippen LogP) is 3.42. The molecule has 8 heteroatoms. The lowest BCUT2D eigenvalue weighted by Gasteiger charge is -2.19. The van der Waals surface area contributed by atoms with Gasteiger partial charge in [0, 0.05) is 23.9 Å². The fourth-order valence-corrected chi connectivity index (χ4v) is 2.92. The predicted molar refractivity (Wildman–Crippen MR) is 112 cm³/mol. The van der Waals surface area contributed by atoms with Crippen molar-refractivity contribution in [2.75, 3.05) is 30.5 Å². The molecule has 2 N–H and O–H groups in total. The van der Waals surface area contributed by atoms with E-state index in [4.69, 9.17) is 14.2 Å². The van der Waals surface area contributed by atoms with E-state index in [2.05, 4.69) is 10.6 Å². The summed E-state index contributed by atoms with van der Waals surface area (Å²) in [7, 11) is 0. The van der Waals surface area contributed by atoms with Crippen molar-refractivity contribution in [3.63, 3.8) is 0 Å². The van der Waals surface area contributed by atoms with Gasteiger partial charge in [-0.2, -0.15) is 0 Å². The van der Waals surface area contributed by atoms with E-state index in [1.54, 1.807) is 36.4 Å². The topological polar surface area (TPSA) is 103 Å². The number of Topliss-reactive ketones (excluding diaryl/α,β-unsaturated/α-hetero) is 1. The highest BCUT2D eigenvalue weighted by Gasteiger charge is 2.15. The summed E-state index contributed by atoms with van der Waals surface area (Å²) in [6.07, 6.45) is 1.12. The van der Waals surface area contributed by atoms with Gasteiger partial charge in [-0.15, -0.1) is 0 Å². The van der Waals surface area contributed by atoms with E-state index >= 15 is 0 Å². The minimum Gasteiger partial charge on any atom is -0.486 e. The van der Waals surface area contributed by atoms with Crippen LogP contribution >= 0.6 is 0 Å². The maximum absolute atomic E-state index is 12.3. The summed E-state index contributed by atoms with van der Waals surface area (Å²) in [5, 5.41) is 5.46. The number of nitrogens with one attached hydrogen (secondary N) is 2. The third-order valence-corrected chi connectivity index (χ3v) is 4.30. The summed E-state index contributed by atoms with van der Waals surface area (Å²) in [6.45, 7) is 3.97. The number of hydrogen-bond acceptors (Lipinski definition) is 6. The second kappa shape index (κ2) is 9.78. The molecule has 0 radical (unpaired) electrons. The van der Waals surface area contributed by atoms with Crippen LogP contribution in [0.3, 0.4) is 0 Å². The summed E-state index contributed by atoms with van der Waals surface area (Å²) in [6, 6.07) is 9.86. The second-order valence-electron chi connectivity index (χ2n) is 6.76. The number of amides is 2. The molecule has 0 bridgehead atoms. The lowest BCUT2D eigenvalue weighted by atomic mass is 10.1. The van der Waals surface area contributed by atoms with Crippen molar-refractivity contribution in [3.8, 4) is 17.2 Å². The summed E-state index contributed by atoms with van der Waals surface area (Å²) in [5.41, 5.74) is 1.34. The quantitative estimate of drug-likeness (QED) is 0.644. The minimum absolute atomic E-state index is 0.125. The van der Waals surface area contributed by atoms with Gasteiger partial charge >= 0.3 is 0 Å². The molecule has 1 aliphatic heterocycles. The molecule has 2 amide bonds. The number of fused-ring (bicyclic) bond motifs is 1. The van der Waals surface area contributed by atoms with Gasteiger partial charge < -0.3 is 24.8 Å². The normalized spacial score (nSPS) is 12.1. The van der Waals surface area contributed by atoms with Crippen molar-refractivity contribution < 1.29 is 28.6 Å². The molecule has 0 aromatic heterocycles. The molecule has 0 aliphatic carbocycles. The zero-order valence-corrected chi connectivity index (χ0v) is 16.9. The molecule has 30 heavy (non-hydrogen) atoms. The third kappa shape index (κ3) is 5.50. The molecule has 0 saturated heterocycles. The van der Waals surface area contributed by atoms with Crippen molar-refractivity contribution in [3.05, 3.63) is 42.0 Å². The first-order valence-corrected chi connectivity index (χ1v) is 9.73. The highest BCUT2D eigenvalue weighted by molar-refractivity contribution is 5.99. The Labute approximate surface area is 174 Å². The van der Waals surface area contributed by atoms with Crippen molar-refractivity contribution in [1.29, 1.82) is 0 Å². The van der Waals surface area contributed by atoms with Crippen LogP contribution in [0.2, 0.25) is 0 Å². The van der Waals surface area contributed by atoms with Crippen molar-refractivity contribution >= 4 is 29.0 Å². The highest BCUT2D eigenvalue weighted by Crippen LogP contribution is 2.32. The van der Waals surface area contributed by atoms with Crippen molar-refractivity contribution in [1.82, 2.24) is 0 Å². The Kier molecular flexibility index (Phi) is 6.90. The molecule has 1 heterocycles. The number of hydrogen-bond donors (Lipinski definition) is 2. The van der Waals surface area contributed by atoms with Gasteiger partial charge in [-0.3, -0.25) is 14.4 Å². The number of carbonyl (C=O) groups is 3. The van der Waals surface area contributed by atoms with Gasteiger partial charge in [0.2, 0.25) is 5.91 Å². The van der Waals surface area contributed by atoms with E-state index < -0.39 is 0 Å². The Balaban J connectivity index is 1.62. The van der Waals surface area contributed by atoms with E-state index in [9.17, 15) is 14.4 Å².